The van der Waals surface area contributed by atoms with Gasteiger partial charge >= 0.3 is 0 Å². The molecule has 0 saturated heterocycles. The van der Waals surface area contributed by atoms with Gasteiger partial charge in [0.25, 0.3) is 0 Å². The Labute approximate surface area is 80.1 Å². The highest BCUT2D eigenvalue weighted by Gasteiger charge is 2.02. The standard InChI is InChI=1S/C10H10BrN/c1-2-12-9-6-4-3-5-8(9)7-10(12)11/h3-7H,2H2,1H3. The van der Waals surface area contributed by atoms with Crippen molar-refractivity contribution in [1.29, 1.82) is 0 Å². The molecule has 0 aliphatic carbocycles. The fourth-order valence-electron chi connectivity index (χ4n) is 1.50. The summed E-state index contributed by atoms with van der Waals surface area (Å²) in [6, 6.07) is 10.6. The highest BCUT2D eigenvalue weighted by Crippen LogP contribution is 2.23. The number of benzene rings is 1. The molecule has 2 aromatic rings. The molecule has 0 amide bonds. The van der Waals surface area contributed by atoms with E-state index in [0.717, 1.165) is 11.1 Å². The Kier molecular flexibility index (Phi) is 1.93. The van der Waals surface area contributed by atoms with Crippen molar-refractivity contribution >= 4 is 26.8 Å². The number of para-hydroxylation sites is 1. The predicted molar refractivity (Wildman–Crippen MR) is 55.3 cm³/mol. The summed E-state index contributed by atoms with van der Waals surface area (Å²) in [5, 5.41) is 1.30. The molecule has 0 unspecified atom stereocenters. The van der Waals surface area contributed by atoms with Gasteiger partial charge in [-0.2, -0.15) is 0 Å². The average molecular weight is 224 g/mol. The monoisotopic (exact) mass is 223 g/mol. The molecule has 0 spiro atoms. The Hall–Kier alpha value is -0.760. The summed E-state index contributed by atoms with van der Waals surface area (Å²) >= 11 is 3.53. The molecule has 0 bridgehead atoms. The zero-order valence-electron chi connectivity index (χ0n) is 6.92. The summed E-state index contributed by atoms with van der Waals surface area (Å²) in [6.07, 6.45) is 0. The fraction of sp³-hybridized carbons (Fsp3) is 0.200. The summed E-state index contributed by atoms with van der Waals surface area (Å²) in [5.41, 5.74) is 1.30. The molecule has 0 aliphatic heterocycles. The van der Waals surface area contributed by atoms with Crippen LogP contribution in [-0.4, -0.2) is 4.57 Å². The number of hydrogen-bond donors (Lipinski definition) is 0. The predicted octanol–water partition coefficient (Wildman–Crippen LogP) is 3.42. The number of rotatable bonds is 1. The number of hydrogen-bond acceptors (Lipinski definition) is 0. The molecule has 62 valence electrons. The van der Waals surface area contributed by atoms with Crippen molar-refractivity contribution < 1.29 is 0 Å². The van der Waals surface area contributed by atoms with Crippen molar-refractivity contribution in [1.82, 2.24) is 4.57 Å². The number of aromatic nitrogens is 1. The van der Waals surface area contributed by atoms with Gasteiger partial charge in [-0.15, -0.1) is 0 Å². The van der Waals surface area contributed by atoms with Gasteiger partial charge in [0.05, 0.1) is 4.60 Å². The molecular formula is C10H10BrN. The van der Waals surface area contributed by atoms with Crippen LogP contribution in [0.3, 0.4) is 0 Å². The Morgan fingerprint density at radius 1 is 1.33 bits per heavy atom. The molecule has 1 aromatic carbocycles. The maximum Gasteiger partial charge on any atom is 0.0857 e. The van der Waals surface area contributed by atoms with Crippen molar-refractivity contribution in [3.05, 3.63) is 34.9 Å². The van der Waals surface area contributed by atoms with Gasteiger partial charge in [0.1, 0.15) is 0 Å². The van der Waals surface area contributed by atoms with Crippen LogP contribution in [0.5, 0.6) is 0 Å². The van der Waals surface area contributed by atoms with E-state index in [1.807, 2.05) is 0 Å². The first kappa shape index (κ1) is 7.87. The Bertz CT molecular complexity index is 403. The molecule has 1 aromatic heterocycles. The molecule has 1 heterocycles. The zero-order chi connectivity index (χ0) is 8.55. The van der Waals surface area contributed by atoms with E-state index >= 15 is 0 Å². The number of halogens is 1. The molecule has 1 nitrogen and oxygen atoms in total. The second kappa shape index (κ2) is 2.94. The van der Waals surface area contributed by atoms with Crippen LogP contribution in [0.4, 0.5) is 0 Å². The van der Waals surface area contributed by atoms with Crippen LogP contribution in [0.25, 0.3) is 10.9 Å². The number of fused-ring (bicyclic) bond motifs is 1. The second-order valence-electron chi connectivity index (χ2n) is 2.77. The van der Waals surface area contributed by atoms with Crippen molar-refractivity contribution in [2.75, 3.05) is 0 Å². The quantitative estimate of drug-likeness (QED) is 0.699. The lowest BCUT2D eigenvalue weighted by molar-refractivity contribution is 0.780. The highest BCUT2D eigenvalue weighted by molar-refractivity contribution is 9.10. The topological polar surface area (TPSA) is 4.93 Å². The summed E-state index contributed by atoms with van der Waals surface area (Å²) in [6.45, 7) is 3.16. The first-order valence-corrected chi connectivity index (χ1v) is 4.86. The Balaban J connectivity index is 2.81. The number of aryl methyl sites for hydroxylation is 1. The van der Waals surface area contributed by atoms with Crippen molar-refractivity contribution in [2.24, 2.45) is 0 Å². The fourth-order valence-corrected chi connectivity index (χ4v) is 2.19. The average Bonchev–Trinajstić information content (AvgIpc) is 2.40. The second-order valence-corrected chi connectivity index (χ2v) is 3.58. The normalized spacial score (nSPS) is 10.8. The van der Waals surface area contributed by atoms with Gasteiger partial charge in [-0.25, -0.2) is 0 Å². The van der Waals surface area contributed by atoms with Gasteiger partial charge in [0.2, 0.25) is 0 Å². The molecule has 2 heteroatoms. The molecule has 0 atom stereocenters. The number of nitrogens with zero attached hydrogens (tertiary/aromatic N) is 1. The van der Waals surface area contributed by atoms with Crippen LogP contribution in [0.15, 0.2) is 34.9 Å². The molecule has 0 saturated carbocycles. The minimum Gasteiger partial charge on any atom is -0.336 e. The maximum atomic E-state index is 3.53. The minimum absolute atomic E-state index is 1.01. The summed E-state index contributed by atoms with van der Waals surface area (Å²) < 4.78 is 3.40. The smallest absolute Gasteiger partial charge is 0.0857 e. The van der Waals surface area contributed by atoms with Crippen LogP contribution in [-0.2, 0) is 6.54 Å². The lowest BCUT2D eigenvalue weighted by atomic mass is 10.2. The van der Waals surface area contributed by atoms with Crippen molar-refractivity contribution in [2.45, 2.75) is 13.5 Å². The lowest BCUT2D eigenvalue weighted by Crippen LogP contribution is -1.92. The third kappa shape index (κ3) is 1.07. The Morgan fingerprint density at radius 3 is 2.83 bits per heavy atom. The first-order valence-electron chi connectivity index (χ1n) is 4.06. The van der Waals surface area contributed by atoms with Crippen LogP contribution in [0.2, 0.25) is 0 Å². The van der Waals surface area contributed by atoms with Gasteiger partial charge < -0.3 is 4.57 Å². The van der Waals surface area contributed by atoms with Gasteiger partial charge in [0, 0.05) is 17.4 Å². The molecule has 0 N–H and O–H groups in total. The molecular weight excluding hydrogens is 214 g/mol. The van der Waals surface area contributed by atoms with E-state index in [-0.39, 0.29) is 0 Å². The van der Waals surface area contributed by atoms with Gasteiger partial charge in [0.15, 0.2) is 0 Å². The summed E-state index contributed by atoms with van der Waals surface area (Å²) in [4.78, 5) is 0. The largest absolute Gasteiger partial charge is 0.336 e. The molecule has 0 radical (unpaired) electrons. The third-order valence-electron chi connectivity index (χ3n) is 2.08. The summed E-state index contributed by atoms with van der Waals surface area (Å²) in [5.74, 6) is 0. The SMILES string of the molecule is CCn1c(Br)cc2ccccc21. The minimum atomic E-state index is 1.01. The van der Waals surface area contributed by atoms with E-state index in [1.165, 1.54) is 10.9 Å². The Morgan fingerprint density at radius 2 is 2.08 bits per heavy atom. The van der Waals surface area contributed by atoms with E-state index in [2.05, 4.69) is 57.8 Å². The third-order valence-corrected chi connectivity index (χ3v) is 2.73. The van der Waals surface area contributed by atoms with Crippen molar-refractivity contribution in [3.8, 4) is 0 Å². The van der Waals surface area contributed by atoms with Crippen molar-refractivity contribution in [3.63, 3.8) is 0 Å². The molecule has 2 rings (SSSR count). The van der Waals surface area contributed by atoms with Gasteiger partial charge in [-0.05, 0) is 35.0 Å². The van der Waals surface area contributed by atoms with E-state index in [0.29, 0.717) is 0 Å². The molecule has 12 heavy (non-hydrogen) atoms. The molecule has 0 aliphatic rings. The maximum absolute atomic E-state index is 3.53. The van der Waals surface area contributed by atoms with E-state index in [9.17, 15) is 0 Å². The lowest BCUT2D eigenvalue weighted by Gasteiger charge is -2.01. The van der Waals surface area contributed by atoms with E-state index < -0.39 is 0 Å². The van der Waals surface area contributed by atoms with Gasteiger partial charge in [-0.1, -0.05) is 18.2 Å². The highest BCUT2D eigenvalue weighted by atomic mass is 79.9. The van der Waals surface area contributed by atoms with Crippen LogP contribution < -0.4 is 0 Å². The van der Waals surface area contributed by atoms with E-state index in [1.54, 1.807) is 0 Å². The van der Waals surface area contributed by atoms with Crippen LogP contribution in [0, 0.1) is 0 Å². The van der Waals surface area contributed by atoms with Crippen LogP contribution in [0.1, 0.15) is 6.92 Å². The van der Waals surface area contributed by atoms with Gasteiger partial charge in [-0.3, -0.25) is 0 Å². The molecule has 0 fully saturated rings. The summed E-state index contributed by atoms with van der Waals surface area (Å²) in [7, 11) is 0. The zero-order valence-corrected chi connectivity index (χ0v) is 8.51. The van der Waals surface area contributed by atoms with Crippen LogP contribution >= 0.6 is 15.9 Å². The van der Waals surface area contributed by atoms with E-state index in [4.69, 9.17) is 0 Å². The first-order chi connectivity index (χ1) is 5.83.